The highest BCUT2D eigenvalue weighted by atomic mass is 16.6. The number of carbonyl (C=O) groups is 2. The summed E-state index contributed by atoms with van der Waals surface area (Å²) in [7, 11) is 0. The molecule has 2 aliphatic rings. The van der Waals surface area contributed by atoms with Crippen LogP contribution in [-0.2, 0) is 4.74 Å². The van der Waals surface area contributed by atoms with Crippen molar-refractivity contribution in [3.05, 3.63) is 53.4 Å². The second kappa shape index (κ2) is 8.83. The maximum Gasteiger partial charge on any atom is 0.410 e. The molecule has 10 heteroatoms. The highest BCUT2D eigenvalue weighted by molar-refractivity contribution is 5.93. The third kappa shape index (κ3) is 5.06. The lowest BCUT2D eigenvalue weighted by molar-refractivity contribution is 0.00586. The van der Waals surface area contributed by atoms with E-state index in [2.05, 4.69) is 20.7 Å². The molecule has 5 rings (SSSR count). The van der Waals surface area contributed by atoms with Gasteiger partial charge in [0.05, 0.1) is 5.92 Å². The normalized spacial score (nSPS) is 20.2. The van der Waals surface area contributed by atoms with Crippen molar-refractivity contribution in [1.29, 1.82) is 0 Å². The quantitative estimate of drug-likeness (QED) is 0.581. The van der Waals surface area contributed by atoms with Gasteiger partial charge < -0.3 is 23.9 Å². The first kappa shape index (κ1) is 23.1. The molecule has 2 fully saturated rings. The lowest BCUT2D eigenvalue weighted by Gasteiger charge is -2.38. The minimum absolute atomic E-state index is 0.00772. The first-order chi connectivity index (χ1) is 16.6. The van der Waals surface area contributed by atoms with E-state index in [0.717, 1.165) is 11.1 Å². The van der Waals surface area contributed by atoms with Gasteiger partial charge in [0, 0.05) is 36.7 Å². The molecular weight excluding hydrogens is 450 g/mol. The van der Waals surface area contributed by atoms with Gasteiger partial charge in [-0.25, -0.2) is 4.79 Å². The third-order valence-electron chi connectivity index (χ3n) is 6.21. The number of amides is 2. The molecule has 2 amide bonds. The van der Waals surface area contributed by atoms with Gasteiger partial charge in [0.15, 0.2) is 11.5 Å². The predicted molar refractivity (Wildman–Crippen MR) is 125 cm³/mol. The van der Waals surface area contributed by atoms with Gasteiger partial charge in [0.2, 0.25) is 11.8 Å². The molecule has 10 nitrogen and oxygen atoms in total. The first-order valence-corrected chi connectivity index (χ1v) is 11.8. The molecule has 184 valence electrons. The van der Waals surface area contributed by atoms with Crippen LogP contribution in [0.5, 0.6) is 0 Å². The van der Waals surface area contributed by atoms with Crippen LogP contribution in [-0.4, -0.2) is 57.0 Å². The van der Waals surface area contributed by atoms with Gasteiger partial charge in [-0.2, -0.15) is 0 Å². The van der Waals surface area contributed by atoms with Gasteiger partial charge in [-0.3, -0.25) is 4.79 Å². The molecule has 0 radical (unpaired) electrons. The SMILES string of the molecule is Cc1cccc(-c2cc(C(=O)NC3CC(c4nnc(C5CN(C(=O)OC(C)(C)C)C5)o4)C3)no2)c1. The zero-order valence-electron chi connectivity index (χ0n) is 20.3. The molecule has 1 aliphatic carbocycles. The highest BCUT2D eigenvalue weighted by Crippen LogP contribution is 2.38. The second-order valence-electron chi connectivity index (χ2n) is 10.3. The number of hydrogen-bond acceptors (Lipinski definition) is 8. The number of nitrogens with one attached hydrogen (secondary N) is 1. The van der Waals surface area contributed by atoms with Crippen LogP contribution in [0.25, 0.3) is 11.3 Å². The summed E-state index contributed by atoms with van der Waals surface area (Å²) in [5, 5.41) is 15.3. The Morgan fingerprint density at radius 2 is 1.80 bits per heavy atom. The van der Waals surface area contributed by atoms with Crippen LogP contribution in [0.2, 0.25) is 0 Å². The number of hydrogen-bond donors (Lipinski definition) is 1. The van der Waals surface area contributed by atoms with Crippen molar-refractivity contribution in [2.24, 2.45) is 0 Å². The summed E-state index contributed by atoms with van der Waals surface area (Å²) in [5.41, 5.74) is 1.72. The standard InChI is InChI=1S/C25H29N5O5/c1-14-6-5-7-15(8-14)20-11-19(29-35-20)21(31)26-18-9-16(10-18)22-27-28-23(33-22)17-12-30(13-17)24(32)34-25(2,3)4/h5-8,11,16-18H,9-10,12-13H2,1-4H3,(H,26,31). The number of likely N-dealkylation sites (tertiary alicyclic amines) is 1. The summed E-state index contributed by atoms with van der Waals surface area (Å²) < 4.78 is 16.6. The van der Waals surface area contributed by atoms with E-state index < -0.39 is 5.60 Å². The molecule has 2 aromatic heterocycles. The maximum absolute atomic E-state index is 12.6. The van der Waals surface area contributed by atoms with E-state index in [1.54, 1.807) is 11.0 Å². The van der Waals surface area contributed by atoms with Crippen LogP contribution in [0.1, 0.15) is 73.3 Å². The molecule has 1 N–H and O–H groups in total. The number of carbonyl (C=O) groups excluding carboxylic acids is 2. The topological polar surface area (TPSA) is 124 Å². The van der Waals surface area contributed by atoms with Crippen molar-refractivity contribution in [1.82, 2.24) is 25.6 Å². The summed E-state index contributed by atoms with van der Waals surface area (Å²) in [6, 6.07) is 9.50. The number of aromatic nitrogens is 3. The third-order valence-corrected chi connectivity index (χ3v) is 6.21. The van der Waals surface area contributed by atoms with Crippen molar-refractivity contribution in [2.75, 3.05) is 13.1 Å². The Balaban J connectivity index is 1.09. The summed E-state index contributed by atoms with van der Waals surface area (Å²) in [6.07, 6.45) is 1.10. The van der Waals surface area contributed by atoms with Gasteiger partial charge in [0.25, 0.3) is 5.91 Å². The van der Waals surface area contributed by atoms with Crippen molar-refractivity contribution in [3.8, 4) is 11.3 Å². The van der Waals surface area contributed by atoms with E-state index in [4.69, 9.17) is 13.7 Å². The van der Waals surface area contributed by atoms with Crippen molar-refractivity contribution in [2.45, 2.75) is 64.0 Å². The fourth-order valence-electron chi connectivity index (χ4n) is 4.20. The number of rotatable bonds is 5. The Hall–Kier alpha value is -3.69. The highest BCUT2D eigenvalue weighted by Gasteiger charge is 2.40. The van der Waals surface area contributed by atoms with E-state index in [9.17, 15) is 9.59 Å². The molecular formula is C25H29N5O5. The van der Waals surface area contributed by atoms with Crippen LogP contribution in [0.4, 0.5) is 4.79 Å². The van der Waals surface area contributed by atoms with E-state index in [-0.39, 0.29) is 35.6 Å². The Labute approximate surface area is 203 Å². The molecule has 3 heterocycles. The average molecular weight is 480 g/mol. The minimum atomic E-state index is -0.521. The molecule has 3 aromatic rings. The van der Waals surface area contributed by atoms with Crippen LogP contribution < -0.4 is 5.32 Å². The summed E-state index contributed by atoms with van der Waals surface area (Å²) in [6.45, 7) is 8.53. The summed E-state index contributed by atoms with van der Waals surface area (Å²) in [5.74, 6) is 1.53. The van der Waals surface area contributed by atoms with Crippen LogP contribution in [0, 0.1) is 6.92 Å². The predicted octanol–water partition coefficient (Wildman–Crippen LogP) is 4.04. The average Bonchev–Trinajstić information content (AvgIpc) is 3.38. The summed E-state index contributed by atoms with van der Waals surface area (Å²) in [4.78, 5) is 26.3. The van der Waals surface area contributed by atoms with Gasteiger partial charge >= 0.3 is 6.09 Å². The molecule has 0 spiro atoms. The Morgan fingerprint density at radius 3 is 2.49 bits per heavy atom. The second-order valence-corrected chi connectivity index (χ2v) is 10.3. The molecule has 1 saturated heterocycles. The zero-order valence-corrected chi connectivity index (χ0v) is 20.3. The maximum atomic E-state index is 12.6. The van der Waals surface area contributed by atoms with Gasteiger partial charge in [-0.15, -0.1) is 10.2 Å². The number of ether oxygens (including phenoxy) is 1. The fourth-order valence-corrected chi connectivity index (χ4v) is 4.20. The van der Waals surface area contributed by atoms with Crippen LogP contribution in [0.15, 0.2) is 39.3 Å². The zero-order chi connectivity index (χ0) is 24.7. The fraction of sp³-hybridized carbons (Fsp3) is 0.480. The summed E-state index contributed by atoms with van der Waals surface area (Å²) >= 11 is 0. The molecule has 1 aliphatic heterocycles. The Bertz CT molecular complexity index is 1230. The molecule has 0 unspecified atom stereocenters. The molecule has 35 heavy (non-hydrogen) atoms. The van der Waals surface area contributed by atoms with Gasteiger partial charge in [-0.05, 0) is 46.6 Å². The molecule has 1 saturated carbocycles. The first-order valence-electron chi connectivity index (χ1n) is 11.8. The van der Waals surface area contributed by atoms with Crippen molar-refractivity contribution in [3.63, 3.8) is 0 Å². The Kier molecular flexibility index (Phi) is 5.82. The van der Waals surface area contributed by atoms with Crippen molar-refractivity contribution < 1.29 is 23.3 Å². The molecule has 1 aromatic carbocycles. The van der Waals surface area contributed by atoms with E-state index >= 15 is 0 Å². The Morgan fingerprint density at radius 1 is 1.09 bits per heavy atom. The van der Waals surface area contributed by atoms with E-state index in [1.165, 1.54) is 0 Å². The molecule has 0 atom stereocenters. The largest absolute Gasteiger partial charge is 0.444 e. The monoisotopic (exact) mass is 479 g/mol. The van der Waals surface area contributed by atoms with E-state index in [1.807, 2.05) is 52.0 Å². The van der Waals surface area contributed by atoms with Crippen LogP contribution in [0.3, 0.4) is 0 Å². The lowest BCUT2D eigenvalue weighted by atomic mass is 9.80. The van der Waals surface area contributed by atoms with E-state index in [0.29, 0.717) is 43.5 Å². The van der Waals surface area contributed by atoms with Crippen LogP contribution >= 0.6 is 0 Å². The van der Waals surface area contributed by atoms with Gasteiger partial charge in [0.1, 0.15) is 5.60 Å². The minimum Gasteiger partial charge on any atom is -0.444 e. The smallest absolute Gasteiger partial charge is 0.410 e. The lowest BCUT2D eigenvalue weighted by Crippen LogP contribution is -2.50. The van der Waals surface area contributed by atoms with Gasteiger partial charge in [-0.1, -0.05) is 28.9 Å². The number of nitrogens with zero attached hydrogens (tertiary/aromatic N) is 4. The van der Waals surface area contributed by atoms with Crippen molar-refractivity contribution >= 4 is 12.0 Å². The number of aryl methyl sites for hydroxylation is 1. The number of benzene rings is 1. The molecule has 0 bridgehead atoms.